The number of anilines is 2. The second kappa shape index (κ2) is 7.16. The highest BCUT2D eigenvalue weighted by molar-refractivity contribution is 6.29. The maximum Gasteiger partial charge on any atom is 0.408 e. The van der Waals surface area contributed by atoms with Gasteiger partial charge >= 0.3 is 6.18 Å². The van der Waals surface area contributed by atoms with Gasteiger partial charge in [-0.05, 0) is 32.7 Å². The smallest absolute Gasteiger partial charge is 0.352 e. The summed E-state index contributed by atoms with van der Waals surface area (Å²) in [5, 5.41) is 2.98. The van der Waals surface area contributed by atoms with Gasteiger partial charge in [0.25, 0.3) is 0 Å². The lowest BCUT2D eigenvalue weighted by Gasteiger charge is -2.18. The van der Waals surface area contributed by atoms with Gasteiger partial charge in [0, 0.05) is 14.2 Å². The quantitative estimate of drug-likeness (QED) is 0.780. The molecule has 0 aliphatic carbocycles. The molecule has 0 spiro atoms. The minimum atomic E-state index is -5.65. The molecule has 2 aromatic rings. The molecule has 6 nitrogen and oxygen atoms in total. The standard InChI is InChI=1S/C14H16ClF3N6/c1-7(2)19-12-22-11(9-5-4-6-10(15)21-9)23-13(24-12)20-8(3)14(16,17)18/h4-8H,1-3H3,(H2,19,20,22,23,24)/t8-/m1/s1/i1D3,3D3,4D,6D,7D,8D/t7-,8-. The first-order chi connectivity index (χ1) is 15.1. The molecule has 2 heterocycles. The highest BCUT2D eigenvalue weighted by Crippen LogP contribution is 2.24. The minimum absolute atomic E-state index is 0.364. The largest absolute Gasteiger partial charge is 0.408 e. The third-order valence-electron chi connectivity index (χ3n) is 2.29. The fourth-order valence-electron chi connectivity index (χ4n) is 1.40. The summed E-state index contributed by atoms with van der Waals surface area (Å²) in [6, 6.07) is -6.80. The number of hydrogen-bond acceptors (Lipinski definition) is 6. The van der Waals surface area contributed by atoms with Gasteiger partial charge in [-0.3, -0.25) is 0 Å². The summed E-state index contributed by atoms with van der Waals surface area (Å²) in [5.41, 5.74) is -0.364. The van der Waals surface area contributed by atoms with Crippen LogP contribution >= 0.6 is 11.6 Å². The van der Waals surface area contributed by atoms with Crippen LogP contribution in [0.4, 0.5) is 25.1 Å². The molecule has 0 unspecified atom stereocenters. The summed E-state index contributed by atoms with van der Waals surface area (Å²) in [6.07, 6.45) is -5.65. The second-order valence-corrected chi connectivity index (χ2v) is 4.61. The normalized spacial score (nSPS) is 23.9. The van der Waals surface area contributed by atoms with E-state index in [0.29, 0.717) is 0 Å². The molecular formula is C14H16ClF3N6. The SMILES string of the molecule is [2H]c1cc(-c2nc(N[C@]([2H])(C([2H])([2H])[2H])C(F)(F)F)nc(N[C@@]([2H])(C)C([2H])([2H])[2H])n2)nc(Cl)c1[2H]. The van der Waals surface area contributed by atoms with E-state index in [1.54, 1.807) is 0 Å². The maximum absolute atomic E-state index is 13.5. The van der Waals surface area contributed by atoms with E-state index in [2.05, 4.69) is 25.3 Å². The number of hydrogen-bond donors (Lipinski definition) is 2. The van der Waals surface area contributed by atoms with Gasteiger partial charge in [0.2, 0.25) is 11.9 Å². The molecule has 0 aliphatic rings. The predicted molar refractivity (Wildman–Crippen MR) is 86.0 cm³/mol. The van der Waals surface area contributed by atoms with Gasteiger partial charge in [0.15, 0.2) is 5.82 Å². The summed E-state index contributed by atoms with van der Waals surface area (Å²) in [7, 11) is 0. The van der Waals surface area contributed by atoms with Crippen molar-refractivity contribution in [2.75, 3.05) is 10.6 Å². The molecule has 0 saturated carbocycles. The van der Waals surface area contributed by atoms with Gasteiger partial charge in [-0.1, -0.05) is 17.6 Å². The molecule has 0 saturated heterocycles. The molecule has 2 N–H and O–H groups in total. The Balaban J connectivity index is 2.73. The molecule has 0 bridgehead atoms. The minimum Gasteiger partial charge on any atom is -0.352 e. The molecule has 0 amide bonds. The molecule has 2 aromatic heterocycles. The van der Waals surface area contributed by atoms with E-state index in [1.165, 1.54) is 5.32 Å². The van der Waals surface area contributed by atoms with Crippen LogP contribution in [0.2, 0.25) is 5.15 Å². The third kappa shape index (κ3) is 4.92. The van der Waals surface area contributed by atoms with Crippen molar-refractivity contribution in [3.63, 3.8) is 0 Å². The van der Waals surface area contributed by atoms with Crippen LogP contribution in [-0.4, -0.2) is 38.1 Å². The second-order valence-electron chi connectivity index (χ2n) is 4.26. The van der Waals surface area contributed by atoms with Crippen LogP contribution in [0.15, 0.2) is 18.2 Å². The fourth-order valence-corrected chi connectivity index (χ4v) is 1.54. The van der Waals surface area contributed by atoms with Crippen LogP contribution in [0.5, 0.6) is 0 Å². The van der Waals surface area contributed by atoms with E-state index in [0.717, 1.165) is 13.0 Å². The monoisotopic (exact) mass is 370 g/mol. The van der Waals surface area contributed by atoms with Crippen molar-refractivity contribution >= 4 is 23.5 Å². The maximum atomic E-state index is 13.5. The van der Waals surface area contributed by atoms with Crippen molar-refractivity contribution < 1.29 is 26.9 Å². The number of nitrogens with zero attached hydrogens (tertiary/aromatic N) is 4. The molecular weight excluding hydrogens is 345 g/mol. The van der Waals surface area contributed by atoms with Crippen LogP contribution < -0.4 is 10.6 Å². The zero-order chi connectivity index (χ0) is 26.5. The number of nitrogens with one attached hydrogen (secondary N) is 2. The van der Waals surface area contributed by atoms with Gasteiger partial charge in [-0.15, -0.1) is 0 Å². The van der Waals surface area contributed by atoms with E-state index in [4.69, 9.17) is 25.3 Å². The lowest BCUT2D eigenvalue weighted by atomic mass is 10.3. The molecule has 2 atom stereocenters. The summed E-state index contributed by atoms with van der Waals surface area (Å²) in [6.45, 7) is -6.04. The lowest BCUT2D eigenvalue weighted by Crippen LogP contribution is -2.34. The van der Waals surface area contributed by atoms with Crippen LogP contribution in [0.25, 0.3) is 11.5 Å². The van der Waals surface area contributed by atoms with E-state index in [-0.39, 0.29) is 5.69 Å². The molecule has 0 aromatic carbocycles. The van der Waals surface area contributed by atoms with Gasteiger partial charge in [0.05, 0.1) is 5.48 Å². The number of rotatable bonds is 5. The first kappa shape index (κ1) is 8.80. The Morgan fingerprint density at radius 2 is 1.92 bits per heavy atom. The Hall–Kier alpha value is -2.16. The molecule has 0 radical (unpaired) electrons. The first-order valence-electron chi connectivity index (χ1n) is 11.1. The van der Waals surface area contributed by atoms with Crippen molar-refractivity contribution in [2.45, 2.75) is 38.8 Å². The average Bonchev–Trinajstić information content (AvgIpc) is 2.62. The third-order valence-corrected chi connectivity index (χ3v) is 2.47. The first-order valence-corrected chi connectivity index (χ1v) is 6.50. The Morgan fingerprint density at radius 3 is 2.50 bits per heavy atom. The predicted octanol–water partition coefficient (Wildman–Crippen LogP) is 3.77. The summed E-state index contributed by atoms with van der Waals surface area (Å²) in [4.78, 5) is 14.6. The molecule has 130 valence electrons. The average molecular weight is 371 g/mol. The van der Waals surface area contributed by atoms with Crippen molar-refractivity contribution in [1.82, 2.24) is 19.9 Å². The van der Waals surface area contributed by atoms with Gasteiger partial charge in [-0.25, -0.2) is 4.98 Å². The Morgan fingerprint density at radius 1 is 1.21 bits per heavy atom. The molecule has 10 heteroatoms. The zero-order valence-corrected chi connectivity index (χ0v) is 12.6. The number of pyridine rings is 1. The zero-order valence-electron chi connectivity index (χ0n) is 21.9. The molecule has 24 heavy (non-hydrogen) atoms. The lowest BCUT2D eigenvalue weighted by molar-refractivity contribution is -0.138. The number of aromatic nitrogens is 4. The van der Waals surface area contributed by atoms with Gasteiger partial charge in [0.1, 0.15) is 16.9 Å². The molecule has 0 aliphatic heterocycles. The van der Waals surface area contributed by atoms with Gasteiger partial charge < -0.3 is 10.6 Å². The van der Waals surface area contributed by atoms with Crippen molar-refractivity contribution in [1.29, 1.82) is 0 Å². The molecule has 2 rings (SSSR count). The van der Waals surface area contributed by atoms with Crippen LogP contribution in [-0.2, 0) is 0 Å². The van der Waals surface area contributed by atoms with E-state index < -0.39 is 66.9 Å². The number of alkyl halides is 3. The Kier molecular flexibility index (Phi) is 2.63. The summed E-state index contributed by atoms with van der Waals surface area (Å²) in [5.74, 6) is -2.53. The summed E-state index contributed by atoms with van der Waals surface area (Å²) >= 11 is 5.76. The highest BCUT2D eigenvalue weighted by atomic mass is 35.5. The van der Waals surface area contributed by atoms with Crippen molar-refractivity contribution in [3.05, 3.63) is 23.3 Å². The topological polar surface area (TPSA) is 75.6 Å². The van der Waals surface area contributed by atoms with Crippen molar-refractivity contribution in [3.8, 4) is 11.5 Å². The van der Waals surface area contributed by atoms with E-state index in [9.17, 15) is 13.2 Å². The fraction of sp³-hybridized carbons (Fsp3) is 0.429. The van der Waals surface area contributed by atoms with Crippen molar-refractivity contribution in [2.24, 2.45) is 0 Å². The summed E-state index contributed by atoms with van der Waals surface area (Å²) < 4.78 is 115. The van der Waals surface area contributed by atoms with Gasteiger partial charge in [-0.2, -0.15) is 28.1 Å². The molecule has 0 fully saturated rings. The Labute approximate surface area is 156 Å². The Bertz CT molecular complexity index is 1040. The van der Waals surface area contributed by atoms with Crippen LogP contribution in [0.1, 0.15) is 34.3 Å². The van der Waals surface area contributed by atoms with Crippen LogP contribution in [0, 0.1) is 0 Å². The van der Waals surface area contributed by atoms with E-state index >= 15 is 0 Å². The highest BCUT2D eigenvalue weighted by Gasteiger charge is 2.36. The van der Waals surface area contributed by atoms with Crippen LogP contribution in [0.3, 0.4) is 0 Å². The van der Waals surface area contributed by atoms with E-state index in [1.807, 2.05) is 0 Å². The number of halogens is 4.